The van der Waals surface area contributed by atoms with Crippen molar-refractivity contribution in [3.05, 3.63) is 45.0 Å². The van der Waals surface area contributed by atoms with Crippen LogP contribution in [0.1, 0.15) is 31.0 Å². The summed E-state index contributed by atoms with van der Waals surface area (Å²) in [6.07, 6.45) is 3.73. The lowest BCUT2D eigenvalue weighted by Crippen LogP contribution is -2.20. The molecule has 0 aliphatic heterocycles. The molecule has 1 aromatic heterocycles. The molecule has 0 fully saturated rings. The normalized spacial score (nSPS) is 12.7. The monoisotopic (exact) mass is 373 g/mol. The predicted octanol–water partition coefficient (Wildman–Crippen LogP) is 3.59. The fraction of sp³-hybridized carbons (Fsp3) is 0.357. The van der Waals surface area contributed by atoms with Crippen molar-refractivity contribution in [2.24, 2.45) is 0 Å². The van der Waals surface area contributed by atoms with E-state index in [4.69, 9.17) is 0 Å². The van der Waals surface area contributed by atoms with Gasteiger partial charge in [0.05, 0.1) is 15.5 Å². The lowest BCUT2D eigenvalue weighted by atomic mass is 10.0. The van der Waals surface area contributed by atoms with Gasteiger partial charge in [0.1, 0.15) is 5.82 Å². The number of halogens is 2. The molecule has 0 bridgehead atoms. The van der Waals surface area contributed by atoms with Crippen LogP contribution in [0.5, 0.6) is 0 Å². The van der Waals surface area contributed by atoms with Gasteiger partial charge in [0.15, 0.2) is 0 Å². The molecule has 1 atom stereocenters. The van der Waals surface area contributed by atoms with E-state index in [2.05, 4.69) is 33.0 Å². The Morgan fingerprint density at radius 2 is 2.21 bits per heavy atom. The van der Waals surface area contributed by atoms with E-state index >= 15 is 0 Å². The van der Waals surface area contributed by atoms with Crippen LogP contribution in [0, 0.1) is 16.3 Å². The minimum Gasteiger partial charge on any atom is -0.310 e. The number of benzene rings is 1. The third kappa shape index (κ3) is 3.14. The lowest BCUT2D eigenvalue weighted by Gasteiger charge is -2.18. The van der Waals surface area contributed by atoms with Gasteiger partial charge in [0.25, 0.3) is 0 Å². The molecule has 19 heavy (non-hydrogen) atoms. The van der Waals surface area contributed by atoms with E-state index in [9.17, 15) is 4.39 Å². The quantitative estimate of drug-likeness (QED) is 0.831. The van der Waals surface area contributed by atoms with Crippen LogP contribution in [0.15, 0.2) is 24.5 Å². The summed E-state index contributed by atoms with van der Waals surface area (Å²) in [4.78, 5) is 0. The molecule has 0 aliphatic rings. The average Bonchev–Trinajstić information content (AvgIpc) is 2.79. The van der Waals surface area contributed by atoms with Crippen molar-refractivity contribution in [1.82, 2.24) is 15.1 Å². The Morgan fingerprint density at radius 3 is 2.79 bits per heavy atom. The summed E-state index contributed by atoms with van der Waals surface area (Å²) < 4.78 is 16.7. The summed E-state index contributed by atoms with van der Waals surface area (Å²) in [6.45, 7) is 6.69. The lowest BCUT2D eigenvalue weighted by molar-refractivity contribution is 0.575. The summed E-state index contributed by atoms with van der Waals surface area (Å²) >= 11 is 2.22. The van der Waals surface area contributed by atoms with Crippen LogP contribution in [-0.2, 0) is 0 Å². The molecular formula is C14H17FIN3. The van der Waals surface area contributed by atoms with E-state index in [1.807, 2.05) is 26.1 Å². The Morgan fingerprint density at radius 1 is 1.47 bits per heavy atom. The van der Waals surface area contributed by atoms with Gasteiger partial charge >= 0.3 is 0 Å². The second kappa shape index (κ2) is 6.00. The maximum Gasteiger partial charge on any atom is 0.126 e. The third-order valence-corrected chi connectivity index (χ3v) is 3.64. The van der Waals surface area contributed by atoms with Crippen LogP contribution in [0.3, 0.4) is 0 Å². The molecule has 1 unspecified atom stereocenters. The van der Waals surface area contributed by atoms with Crippen LogP contribution in [0.2, 0.25) is 0 Å². The topological polar surface area (TPSA) is 29.9 Å². The van der Waals surface area contributed by atoms with E-state index in [1.165, 1.54) is 0 Å². The minimum absolute atomic E-state index is 0.0805. The average molecular weight is 373 g/mol. The van der Waals surface area contributed by atoms with E-state index in [0.717, 1.165) is 21.4 Å². The molecule has 5 heteroatoms. The minimum atomic E-state index is -0.176. The van der Waals surface area contributed by atoms with E-state index in [-0.39, 0.29) is 11.9 Å². The summed E-state index contributed by atoms with van der Waals surface area (Å²) in [5.74, 6) is -0.176. The molecule has 0 spiro atoms. The maximum atomic E-state index is 13.8. The molecule has 2 aromatic rings. The highest BCUT2D eigenvalue weighted by atomic mass is 127. The van der Waals surface area contributed by atoms with Gasteiger partial charge in [-0.3, -0.25) is 0 Å². The number of nitrogens with one attached hydrogen (secondary N) is 1. The van der Waals surface area contributed by atoms with E-state index in [1.54, 1.807) is 23.9 Å². The molecule has 1 aromatic carbocycles. The Bertz CT molecular complexity index is 580. The van der Waals surface area contributed by atoms with E-state index < -0.39 is 0 Å². The highest BCUT2D eigenvalue weighted by Crippen LogP contribution is 2.25. The molecule has 102 valence electrons. The molecule has 1 heterocycles. The standard InChI is InChI=1S/C14H17FIN3/c1-4-17-10(3)12-6-13(15)9(2)5-14(12)19-8-11(16)7-18-19/h5-8,10,17H,4H2,1-3H3. The van der Waals surface area contributed by atoms with Crippen molar-refractivity contribution in [2.75, 3.05) is 6.54 Å². The number of hydrogen-bond donors (Lipinski definition) is 1. The van der Waals surface area contributed by atoms with Crippen LogP contribution in [-0.4, -0.2) is 16.3 Å². The SMILES string of the molecule is CCNC(C)c1cc(F)c(C)cc1-n1cc(I)cn1. The summed E-state index contributed by atoms with van der Waals surface area (Å²) in [5.41, 5.74) is 2.48. The van der Waals surface area contributed by atoms with Gasteiger partial charge < -0.3 is 5.32 Å². The van der Waals surface area contributed by atoms with Crippen LogP contribution in [0.25, 0.3) is 5.69 Å². The van der Waals surface area contributed by atoms with Gasteiger partial charge in [0, 0.05) is 12.2 Å². The second-order valence-electron chi connectivity index (χ2n) is 4.54. The molecule has 3 nitrogen and oxygen atoms in total. The molecule has 1 N–H and O–H groups in total. The molecule has 0 radical (unpaired) electrons. The summed E-state index contributed by atoms with van der Waals surface area (Å²) in [6, 6.07) is 3.53. The molecule has 2 rings (SSSR count). The number of hydrogen-bond acceptors (Lipinski definition) is 2. The first-order chi connectivity index (χ1) is 9.02. The van der Waals surface area contributed by atoms with Gasteiger partial charge in [-0.15, -0.1) is 0 Å². The van der Waals surface area contributed by atoms with Gasteiger partial charge in [0.2, 0.25) is 0 Å². The van der Waals surface area contributed by atoms with Gasteiger partial charge in [-0.25, -0.2) is 9.07 Å². The Hall–Kier alpha value is -0.950. The van der Waals surface area contributed by atoms with Gasteiger partial charge in [-0.05, 0) is 66.2 Å². The zero-order valence-corrected chi connectivity index (χ0v) is 13.4. The van der Waals surface area contributed by atoms with Crippen molar-refractivity contribution < 1.29 is 4.39 Å². The number of nitrogens with zero attached hydrogens (tertiary/aromatic N) is 2. The molecule has 0 saturated carbocycles. The smallest absolute Gasteiger partial charge is 0.126 e. The van der Waals surface area contributed by atoms with E-state index in [0.29, 0.717) is 5.56 Å². The second-order valence-corrected chi connectivity index (χ2v) is 5.79. The van der Waals surface area contributed by atoms with Crippen LogP contribution >= 0.6 is 22.6 Å². The fourth-order valence-corrected chi connectivity index (χ4v) is 2.46. The van der Waals surface area contributed by atoms with Crippen molar-refractivity contribution in [3.8, 4) is 5.69 Å². The predicted molar refractivity (Wildman–Crippen MR) is 83.1 cm³/mol. The third-order valence-electron chi connectivity index (χ3n) is 3.08. The molecule has 0 amide bonds. The maximum absolute atomic E-state index is 13.8. The fourth-order valence-electron chi connectivity index (χ4n) is 2.08. The number of rotatable bonds is 4. The zero-order chi connectivity index (χ0) is 14.0. The summed E-state index contributed by atoms with van der Waals surface area (Å²) in [5, 5.41) is 7.63. The summed E-state index contributed by atoms with van der Waals surface area (Å²) in [7, 11) is 0. The van der Waals surface area contributed by atoms with Gasteiger partial charge in [-0.2, -0.15) is 5.10 Å². The van der Waals surface area contributed by atoms with Crippen molar-refractivity contribution in [3.63, 3.8) is 0 Å². The van der Waals surface area contributed by atoms with Crippen molar-refractivity contribution >= 4 is 22.6 Å². The molecule has 0 saturated heterocycles. The largest absolute Gasteiger partial charge is 0.310 e. The molecule has 0 aliphatic carbocycles. The van der Waals surface area contributed by atoms with Crippen LogP contribution in [0.4, 0.5) is 4.39 Å². The zero-order valence-electron chi connectivity index (χ0n) is 11.2. The molecular weight excluding hydrogens is 356 g/mol. The van der Waals surface area contributed by atoms with Crippen molar-refractivity contribution in [2.45, 2.75) is 26.8 Å². The van der Waals surface area contributed by atoms with Gasteiger partial charge in [-0.1, -0.05) is 6.92 Å². The number of aromatic nitrogens is 2. The van der Waals surface area contributed by atoms with Crippen LogP contribution < -0.4 is 5.32 Å². The first-order valence-electron chi connectivity index (χ1n) is 6.27. The highest BCUT2D eigenvalue weighted by molar-refractivity contribution is 14.1. The first kappa shape index (κ1) is 14.5. The number of aryl methyl sites for hydroxylation is 1. The van der Waals surface area contributed by atoms with Crippen molar-refractivity contribution in [1.29, 1.82) is 0 Å². The highest BCUT2D eigenvalue weighted by Gasteiger charge is 2.15. The Balaban J connectivity index is 2.54. The Kier molecular flexibility index (Phi) is 4.57. The first-order valence-corrected chi connectivity index (χ1v) is 7.34. The Labute approximate surface area is 126 Å².